The lowest BCUT2D eigenvalue weighted by Crippen LogP contribution is -2.52. The number of carbonyl (C=O) groups is 2. The van der Waals surface area contributed by atoms with Crippen molar-refractivity contribution in [2.24, 2.45) is 0 Å². The third-order valence-corrected chi connectivity index (χ3v) is 7.35. The maximum absolute atomic E-state index is 13.5. The van der Waals surface area contributed by atoms with Gasteiger partial charge in [0.15, 0.2) is 0 Å². The number of halogens is 2. The van der Waals surface area contributed by atoms with Crippen molar-refractivity contribution in [2.45, 2.75) is 52.7 Å². The van der Waals surface area contributed by atoms with Gasteiger partial charge in [-0.05, 0) is 51.0 Å². The van der Waals surface area contributed by atoms with Gasteiger partial charge >= 0.3 is 0 Å². The highest BCUT2D eigenvalue weighted by Crippen LogP contribution is 2.28. The van der Waals surface area contributed by atoms with Gasteiger partial charge in [-0.1, -0.05) is 60.0 Å². The van der Waals surface area contributed by atoms with Crippen molar-refractivity contribution in [2.75, 3.05) is 17.1 Å². The van der Waals surface area contributed by atoms with E-state index in [1.54, 1.807) is 6.92 Å². The van der Waals surface area contributed by atoms with Crippen molar-refractivity contribution in [3.8, 4) is 0 Å². The van der Waals surface area contributed by atoms with Crippen molar-refractivity contribution >= 4 is 50.7 Å². The van der Waals surface area contributed by atoms with Crippen LogP contribution in [0.15, 0.2) is 42.5 Å². The Morgan fingerprint density at radius 3 is 2.29 bits per heavy atom. The summed E-state index contributed by atoms with van der Waals surface area (Å²) in [6, 6.07) is 11.0. The molecule has 0 radical (unpaired) electrons. The molecule has 34 heavy (non-hydrogen) atoms. The molecule has 0 aromatic heterocycles. The molecule has 186 valence electrons. The summed E-state index contributed by atoms with van der Waals surface area (Å²) in [5, 5.41) is 3.32. The van der Waals surface area contributed by atoms with Crippen LogP contribution >= 0.6 is 23.2 Å². The molecule has 7 nitrogen and oxygen atoms in total. The average Bonchev–Trinajstić information content (AvgIpc) is 2.76. The number of nitrogens with zero attached hydrogens (tertiary/aromatic N) is 2. The molecule has 10 heteroatoms. The Hall–Kier alpha value is -2.29. The summed E-state index contributed by atoms with van der Waals surface area (Å²) in [7, 11) is -3.84. The van der Waals surface area contributed by atoms with E-state index >= 15 is 0 Å². The second-order valence-electron chi connectivity index (χ2n) is 8.37. The van der Waals surface area contributed by atoms with E-state index in [1.165, 1.54) is 23.1 Å². The molecule has 2 atom stereocenters. The predicted molar refractivity (Wildman–Crippen MR) is 138 cm³/mol. The summed E-state index contributed by atoms with van der Waals surface area (Å²) in [5.41, 5.74) is 2.05. The zero-order chi connectivity index (χ0) is 25.6. The molecule has 0 bridgehead atoms. The van der Waals surface area contributed by atoms with Gasteiger partial charge in [-0.15, -0.1) is 0 Å². The highest BCUT2D eigenvalue weighted by Gasteiger charge is 2.30. The lowest BCUT2D eigenvalue weighted by molar-refractivity contribution is -0.139. The van der Waals surface area contributed by atoms with Crippen molar-refractivity contribution in [1.82, 2.24) is 10.2 Å². The van der Waals surface area contributed by atoms with Crippen LogP contribution in [0.2, 0.25) is 10.0 Å². The number of amides is 2. The van der Waals surface area contributed by atoms with Crippen LogP contribution in [0.4, 0.5) is 5.69 Å². The van der Waals surface area contributed by atoms with Crippen LogP contribution in [0.25, 0.3) is 0 Å². The SMILES string of the molecule is CC[C@@H](C)NC(=O)[C@H](C)N(Cc1cccc(C)c1)C(=O)CN(c1ccc(Cl)c(Cl)c1)S(C)(=O)=O. The van der Waals surface area contributed by atoms with E-state index in [4.69, 9.17) is 23.2 Å². The molecule has 2 rings (SSSR count). The second kappa shape index (κ2) is 11.9. The Labute approximate surface area is 212 Å². The third-order valence-electron chi connectivity index (χ3n) is 5.47. The zero-order valence-electron chi connectivity index (χ0n) is 20.0. The van der Waals surface area contributed by atoms with E-state index < -0.39 is 28.5 Å². The fourth-order valence-corrected chi connectivity index (χ4v) is 4.44. The maximum Gasteiger partial charge on any atom is 0.244 e. The van der Waals surface area contributed by atoms with E-state index in [0.29, 0.717) is 0 Å². The summed E-state index contributed by atoms with van der Waals surface area (Å²) in [6.45, 7) is 7.05. The van der Waals surface area contributed by atoms with Crippen LogP contribution in [-0.2, 0) is 26.2 Å². The van der Waals surface area contributed by atoms with E-state index in [0.717, 1.165) is 28.1 Å². The average molecular weight is 529 g/mol. The molecule has 2 aromatic carbocycles. The van der Waals surface area contributed by atoms with E-state index in [1.807, 2.05) is 45.0 Å². The minimum Gasteiger partial charge on any atom is -0.352 e. The fourth-order valence-electron chi connectivity index (χ4n) is 3.31. The number of hydrogen-bond acceptors (Lipinski definition) is 4. The number of carbonyl (C=O) groups excluding carboxylic acids is 2. The molecule has 0 aliphatic carbocycles. The number of anilines is 1. The first kappa shape index (κ1) is 28.0. The zero-order valence-corrected chi connectivity index (χ0v) is 22.3. The topological polar surface area (TPSA) is 86.8 Å². The molecule has 2 aromatic rings. The Kier molecular flexibility index (Phi) is 9.79. The van der Waals surface area contributed by atoms with Gasteiger partial charge in [0.2, 0.25) is 21.8 Å². The summed E-state index contributed by atoms with van der Waals surface area (Å²) in [4.78, 5) is 27.8. The van der Waals surface area contributed by atoms with Crippen LogP contribution in [-0.4, -0.2) is 50.0 Å². The second-order valence-corrected chi connectivity index (χ2v) is 11.1. The highest BCUT2D eigenvalue weighted by molar-refractivity contribution is 7.92. The summed E-state index contributed by atoms with van der Waals surface area (Å²) < 4.78 is 26.1. The molecule has 0 fully saturated rings. The molecular formula is C24H31Cl2N3O4S. The number of aryl methyl sites for hydroxylation is 1. The fraction of sp³-hybridized carbons (Fsp3) is 0.417. The van der Waals surface area contributed by atoms with Gasteiger partial charge in [-0.25, -0.2) is 8.42 Å². The van der Waals surface area contributed by atoms with E-state index in [2.05, 4.69) is 5.32 Å². The normalized spacial score (nSPS) is 13.1. The Bertz CT molecular complexity index is 1140. The number of nitrogens with one attached hydrogen (secondary N) is 1. The van der Waals surface area contributed by atoms with Crippen LogP contribution in [0.5, 0.6) is 0 Å². The molecule has 0 spiro atoms. The predicted octanol–water partition coefficient (Wildman–Crippen LogP) is 4.40. The van der Waals surface area contributed by atoms with Crippen molar-refractivity contribution < 1.29 is 18.0 Å². The smallest absolute Gasteiger partial charge is 0.244 e. The largest absolute Gasteiger partial charge is 0.352 e. The number of benzene rings is 2. The van der Waals surface area contributed by atoms with Gasteiger partial charge in [-0.2, -0.15) is 0 Å². The van der Waals surface area contributed by atoms with Crippen LogP contribution in [0.3, 0.4) is 0 Å². The van der Waals surface area contributed by atoms with Gasteiger partial charge in [0.05, 0.1) is 22.0 Å². The minimum absolute atomic E-state index is 0.0606. The van der Waals surface area contributed by atoms with Gasteiger partial charge in [0.25, 0.3) is 0 Å². The molecular weight excluding hydrogens is 497 g/mol. The number of sulfonamides is 1. The van der Waals surface area contributed by atoms with Gasteiger partial charge < -0.3 is 10.2 Å². The highest BCUT2D eigenvalue weighted by atomic mass is 35.5. The molecule has 0 aliphatic heterocycles. The lowest BCUT2D eigenvalue weighted by Gasteiger charge is -2.32. The molecule has 0 saturated carbocycles. The minimum atomic E-state index is -3.84. The first-order chi connectivity index (χ1) is 15.8. The lowest BCUT2D eigenvalue weighted by atomic mass is 10.1. The van der Waals surface area contributed by atoms with Gasteiger partial charge in [0.1, 0.15) is 12.6 Å². The van der Waals surface area contributed by atoms with E-state index in [9.17, 15) is 18.0 Å². The summed E-state index contributed by atoms with van der Waals surface area (Å²) >= 11 is 12.1. The summed E-state index contributed by atoms with van der Waals surface area (Å²) in [6.07, 6.45) is 1.75. The number of rotatable bonds is 10. The molecule has 2 amide bonds. The molecule has 0 aliphatic rings. The van der Waals surface area contributed by atoms with Gasteiger partial charge in [-0.3, -0.25) is 13.9 Å². The van der Waals surface area contributed by atoms with Gasteiger partial charge in [0, 0.05) is 12.6 Å². The molecule has 0 heterocycles. The summed E-state index contributed by atoms with van der Waals surface area (Å²) in [5.74, 6) is -0.833. The van der Waals surface area contributed by atoms with Crippen molar-refractivity contribution in [3.63, 3.8) is 0 Å². The Balaban J connectivity index is 2.41. The number of hydrogen-bond donors (Lipinski definition) is 1. The van der Waals surface area contributed by atoms with Crippen molar-refractivity contribution in [3.05, 3.63) is 63.6 Å². The quantitative estimate of drug-likeness (QED) is 0.495. The molecule has 0 unspecified atom stereocenters. The van der Waals surface area contributed by atoms with Crippen molar-refractivity contribution in [1.29, 1.82) is 0 Å². The maximum atomic E-state index is 13.5. The molecule has 0 saturated heterocycles. The monoisotopic (exact) mass is 527 g/mol. The molecule has 1 N–H and O–H groups in total. The van der Waals surface area contributed by atoms with Crippen LogP contribution in [0.1, 0.15) is 38.3 Å². The first-order valence-corrected chi connectivity index (χ1v) is 13.5. The standard InChI is InChI=1S/C24H31Cl2N3O4S/c1-6-17(3)27-24(31)18(4)28(14-19-9-7-8-16(2)12-19)23(30)15-29(34(5,32)33)20-10-11-21(25)22(26)13-20/h7-13,17-18H,6,14-15H2,1-5H3,(H,27,31)/t17-,18+/m1/s1. The van der Waals surface area contributed by atoms with Crippen LogP contribution < -0.4 is 9.62 Å². The van der Waals surface area contributed by atoms with Crippen LogP contribution in [0, 0.1) is 6.92 Å². The Morgan fingerprint density at radius 2 is 1.74 bits per heavy atom. The first-order valence-electron chi connectivity index (χ1n) is 10.9. The third kappa shape index (κ3) is 7.61. The van der Waals surface area contributed by atoms with E-state index in [-0.39, 0.29) is 34.2 Å². The Morgan fingerprint density at radius 1 is 1.06 bits per heavy atom.